The van der Waals surface area contributed by atoms with Crippen LogP contribution in [-0.4, -0.2) is 33.7 Å². The average Bonchev–Trinajstić information content (AvgIpc) is 2.40. The Bertz CT molecular complexity index is 395. The molecule has 1 aliphatic heterocycles. The van der Waals surface area contributed by atoms with Gasteiger partial charge in [0.2, 0.25) is 0 Å². The maximum absolute atomic E-state index is 10.6. The smallest absolute Gasteiger partial charge is 0.0700 e. The molecule has 2 atom stereocenters. The van der Waals surface area contributed by atoms with Crippen molar-refractivity contribution in [3.63, 3.8) is 0 Å². The summed E-state index contributed by atoms with van der Waals surface area (Å²) in [4.78, 5) is 6.84. The van der Waals surface area contributed by atoms with Crippen LogP contribution >= 0.6 is 0 Å². The van der Waals surface area contributed by atoms with Crippen LogP contribution in [-0.2, 0) is 6.54 Å². The first-order chi connectivity index (χ1) is 8.76. The number of pyridine rings is 1. The molecule has 2 heterocycles. The van der Waals surface area contributed by atoms with Crippen molar-refractivity contribution in [2.75, 3.05) is 13.1 Å². The van der Waals surface area contributed by atoms with Crippen LogP contribution in [0.5, 0.6) is 0 Å². The number of likely N-dealkylation sites (tertiary alicyclic amines) is 1. The molecule has 2 aliphatic rings. The molecule has 0 aromatic carbocycles. The van der Waals surface area contributed by atoms with Gasteiger partial charge in [0.15, 0.2) is 0 Å². The number of nitrogens with zero attached hydrogens (tertiary/aromatic N) is 2. The molecule has 1 aromatic heterocycles. The predicted molar refractivity (Wildman–Crippen MR) is 71.0 cm³/mol. The van der Waals surface area contributed by atoms with Crippen LogP contribution in [0.1, 0.15) is 37.8 Å². The summed E-state index contributed by atoms with van der Waals surface area (Å²) in [5.74, 6) is 0.476. The molecule has 0 unspecified atom stereocenters. The molecule has 18 heavy (non-hydrogen) atoms. The maximum Gasteiger partial charge on any atom is 0.0700 e. The van der Waals surface area contributed by atoms with E-state index in [9.17, 15) is 5.11 Å². The third kappa shape index (κ3) is 2.43. The lowest BCUT2D eigenvalue weighted by atomic mass is 9.71. The van der Waals surface area contributed by atoms with E-state index in [1.54, 1.807) is 0 Å². The highest BCUT2D eigenvalue weighted by Gasteiger charge is 2.42. The number of aromatic nitrogens is 1. The lowest BCUT2D eigenvalue weighted by molar-refractivity contribution is -0.0969. The van der Waals surface area contributed by atoms with Crippen molar-refractivity contribution >= 4 is 0 Å². The predicted octanol–water partition coefficient (Wildman–Crippen LogP) is 2.21. The molecule has 1 saturated carbocycles. The van der Waals surface area contributed by atoms with Gasteiger partial charge < -0.3 is 5.11 Å². The highest BCUT2D eigenvalue weighted by atomic mass is 16.3. The molecule has 1 N–H and O–H groups in total. The van der Waals surface area contributed by atoms with Crippen LogP contribution in [0.3, 0.4) is 0 Å². The van der Waals surface area contributed by atoms with Gasteiger partial charge in [0.05, 0.1) is 11.3 Å². The van der Waals surface area contributed by atoms with Gasteiger partial charge in [-0.1, -0.05) is 18.9 Å². The Kier molecular flexibility index (Phi) is 3.35. The number of rotatable bonds is 2. The fraction of sp³-hybridized carbons (Fsp3) is 0.667. The fourth-order valence-electron chi connectivity index (χ4n) is 3.50. The van der Waals surface area contributed by atoms with Gasteiger partial charge in [-0.2, -0.15) is 0 Å². The maximum atomic E-state index is 10.6. The Morgan fingerprint density at radius 3 is 3.11 bits per heavy atom. The first-order valence-corrected chi connectivity index (χ1v) is 7.11. The molecular weight excluding hydrogens is 224 g/mol. The standard InChI is InChI=1S/C15H22N2O/c18-15-7-3-1-5-13(15)11-17(10-8-15)12-14-6-2-4-9-16-14/h2,4,6,9,13,18H,1,3,5,7-8,10-12H2/t13-,15-/m0/s1. The van der Waals surface area contributed by atoms with Crippen molar-refractivity contribution in [2.45, 2.75) is 44.2 Å². The van der Waals surface area contributed by atoms with Crippen LogP contribution in [0, 0.1) is 5.92 Å². The van der Waals surface area contributed by atoms with Gasteiger partial charge in [-0.05, 0) is 31.4 Å². The second kappa shape index (κ2) is 4.98. The normalized spacial score (nSPS) is 33.1. The summed E-state index contributed by atoms with van der Waals surface area (Å²) in [7, 11) is 0. The average molecular weight is 246 g/mol. The van der Waals surface area contributed by atoms with E-state index in [1.807, 2.05) is 18.3 Å². The number of aliphatic hydroxyl groups is 1. The first kappa shape index (κ1) is 12.1. The minimum atomic E-state index is -0.362. The Labute approximate surface area is 109 Å². The van der Waals surface area contributed by atoms with E-state index in [-0.39, 0.29) is 5.60 Å². The Balaban J connectivity index is 1.63. The summed E-state index contributed by atoms with van der Waals surface area (Å²) in [6.45, 7) is 2.96. The van der Waals surface area contributed by atoms with E-state index in [2.05, 4.69) is 16.0 Å². The molecule has 3 heteroatoms. The molecule has 0 spiro atoms. The van der Waals surface area contributed by atoms with Crippen LogP contribution in [0.2, 0.25) is 0 Å². The van der Waals surface area contributed by atoms with Crippen molar-refractivity contribution in [3.8, 4) is 0 Å². The van der Waals surface area contributed by atoms with Crippen molar-refractivity contribution in [2.24, 2.45) is 5.92 Å². The summed E-state index contributed by atoms with van der Waals surface area (Å²) in [5.41, 5.74) is 0.775. The van der Waals surface area contributed by atoms with Crippen LogP contribution in [0.4, 0.5) is 0 Å². The van der Waals surface area contributed by atoms with Gasteiger partial charge in [0, 0.05) is 31.7 Å². The molecule has 1 aromatic rings. The summed E-state index contributed by atoms with van der Waals surface area (Å²) in [5, 5.41) is 10.6. The number of hydrogen-bond acceptors (Lipinski definition) is 3. The van der Waals surface area contributed by atoms with Crippen LogP contribution < -0.4 is 0 Å². The summed E-state index contributed by atoms with van der Waals surface area (Å²) in [6.07, 6.45) is 7.47. The monoisotopic (exact) mass is 246 g/mol. The fourth-order valence-corrected chi connectivity index (χ4v) is 3.50. The molecular formula is C15H22N2O. The van der Waals surface area contributed by atoms with E-state index in [4.69, 9.17) is 0 Å². The van der Waals surface area contributed by atoms with E-state index in [0.717, 1.165) is 38.2 Å². The minimum Gasteiger partial charge on any atom is -0.390 e. The highest BCUT2D eigenvalue weighted by Crippen LogP contribution is 2.39. The van der Waals surface area contributed by atoms with Crippen molar-refractivity contribution in [1.29, 1.82) is 0 Å². The van der Waals surface area contributed by atoms with Gasteiger partial charge in [-0.25, -0.2) is 0 Å². The van der Waals surface area contributed by atoms with Crippen molar-refractivity contribution in [3.05, 3.63) is 30.1 Å². The van der Waals surface area contributed by atoms with E-state index in [0.29, 0.717) is 5.92 Å². The van der Waals surface area contributed by atoms with Crippen molar-refractivity contribution < 1.29 is 5.11 Å². The molecule has 2 fully saturated rings. The van der Waals surface area contributed by atoms with Gasteiger partial charge in [0.1, 0.15) is 0 Å². The van der Waals surface area contributed by atoms with Gasteiger partial charge in [-0.15, -0.1) is 0 Å². The number of hydrogen-bond donors (Lipinski definition) is 1. The zero-order valence-electron chi connectivity index (χ0n) is 10.9. The topological polar surface area (TPSA) is 36.4 Å². The Morgan fingerprint density at radius 2 is 2.28 bits per heavy atom. The second-order valence-electron chi connectivity index (χ2n) is 5.85. The lowest BCUT2D eigenvalue weighted by Crippen LogP contribution is -2.53. The van der Waals surface area contributed by atoms with Gasteiger partial charge >= 0.3 is 0 Å². The Hall–Kier alpha value is -0.930. The molecule has 3 rings (SSSR count). The minimum absolute atomic E-state index is 0.362. The summed E-state index contributed by atoms with van der Waals surface area (Å²) < 4.78 is 0. The third-order valence-corrected chi connectivity index (χ3v) is 4.62. The molecule has 0 radical (unpaired) electrons. The first-order valence-electron chi connectivity index (χ1n) is 7.11. The number of piperidine rings is 1. The third-order valence-electron chi connectivity index (χ3n) is 4.62. The second-order valence-corrected chi connectivity index (χ2v) is 5.85. The van der Waals surface area contributed by atoms with Gasteiger partial charge in [0.25, 0.3) is 0 Å². The molecule has 3 nitrogen and oxygen atoms in total. The zero-order valence-corrected chi connectivity index (χ0v) is 10.9. The van der Waals surface area contributed by atoms with Gasteiger partial charge in [-0.3, -0.25) is 9.88 Å². The highest BCUT2D eigenvalue weighted by molar-refractivity contribution is 5.04. The number of fused-ring (bicyclic) bond motifs is 1. The van der Waals surface area contributed by atoms with Crippen LogP contribution in [0.15, 0.2) is 24.4 Å². The lowest BCUT2D eigenvalue weighted by Gasteiger charge is -2.47. The SMILES string of the molecule is O[C@]12CCCC[C@H]1CN(Cc1ccccn1)CC2. The quantitative estimate of drug-likeness (QED) is 0.869. The van der Waals surface area contributed by atoms with Crippen LogP contribution in [0.25, 0.3) is 0 Å². The van der Waals surface area contributed by atoms with E-state index < -0.39 is 0 Å². The van der Waals surface area contributed by atoms with E-state index in [1.165, 1.54) is 19.3 Å². The molecule has 0 amide bonds. The summed E-state index contributed by atoms with van der Waals surface area (Å²) >= 11 is 0. The molecule has 0 bridgehead atoms. The summed E-state index contributed by atoms with van der Waals surface area (Å²) in [6, 6.07) is 6.09. The molecule has 98 valence electrons. The molecule has 1 aliphatic carbocycles. The van der Waals surface area contributed by atoms with Crippen molar-refractivity contribution in [1.82, 2.24) is 9.88 Å². The molecule has 1 saturated heterocycles. The van der Waals surface area contributed by atoms with E-state index >= 15 is 0 Å². The Morgan fingerprint density at radius 1 is 1.33 bits per heavy atom. The largest absolute Gasteiger partial charge is 0.390 e. The zero-order chi connectivity index (χ0) is 12.4.